The van der Waals surface area contributed by atoms with Gasteiger partial charge in [-0.25, -0.2) is 0 Å². The summed E-state index contributed by atoms with van der Waals surface area (Å²) in [5, 5.41) is 4.47. The molecule has 19 heavy (non-hydrogen) atoms. The van der Waals surface area contributed by atoms with Crippen molar-refractivity contribution in [2.75, 3.05) is 20.2 Å². The molecule has 106 valence electrons. The highest BCUT2D eigenvalue weighted by Crippen LogP contribution is 2.22. The summed E-state index contributed by atoms with van der Waals surface area (Å²) in [5.74, 6) is 0.370. The zero-order chi connectivity index (χ0) is 14.2. The first kappa shape index (κ1) is 14.1. The van der Waals surface area contributed by atoms with Gasteiger partial charge in [0.05, 0.1) is 6.10 Å². The van der Waals surface area contributed by atoms with Gasteiger partial charge in [-0.05, 0) is 25.8 Å². The van der Waals surface area contributed by atoms with Crippen molar-refractivity contribution in [2.24, 2.45) is 0 Å². The van der Waals surface area contributed by atoms with Crippen molar-refractivity contribution in [1.82, 2.24) is 14.7 Å². The van der Waals surface area contributed by atoms with Crippen LogP contribution in [-0.2, 0) is 4.74 Å². The van der Waals surface area contributed by atoms with Crippen LogP contribution in [0.5, 0.6) is 0 Å². The Bertz CT molecular complexity index is 434. The van der Waals surface area contributed by atoms with Crippen molar-refractivity contribution in [3.63, 3.8) is 0 Å². The van der Waals surface area contributed by atoms with Crippen LogP contribution in [0.4, 0.5) is 0 Å². The number of hydrogen-bond donors (Lipinski definition) is 0. The Morgan fingerprint density at radius 3 is 2.42 bits per heavy atom. The molecule has 0 saturated carbocycles. The van der Waals surface area contributed by atoms with Crippen molar-refractivity contribution in [1.29, 1.82) is 0 Å². The molecule has 2 rings (SSSR count). The monoisotopic (exact) mass is 265 g/mol. The fraction of sp³-hybridized carbons (Fsp3) is 0.714. The maximum absolute atomic E-state index is 12.3. The van der Waals surface area contributed by atoms with E-state index >= 15 is 0 Å². The summed E-state index contributed by atoms with van der Waals surface area (Å²) < 4.78 is 7.14. The standard InChI is InChI=1S/C14H23N3O2/c1-9(2)13-6-12(15-17(13)10(3)4)14(18)16-7-11(8-16)19-5/h6,9-11H,7-8H2,1-5H3. The SMILES string of the molecule is COC1CN(C(=O)c2cc(C(C)C)n(C(C)C)n2)C1. The van der Waals surface area contributed by atoms with Crippen LogP contribution >= 0.6 is 0 Å². The Labute approximate surface area is 114 Å². The molecule has 0 unspecified atom stereocenters. The van der Waals surface area contributed by atoms with E-state index in [1.807, 2.05) is 10.7 Å². The van der Waals surface area contributed by atoms with E-state index in [1.54, 1.807) is 12.0 Å². The second-order valence-corrected chi connectivity index (χ2v) is 5.72. The molecule has 2 heterocycles. The van der Waals surface area contributed by atoms with Crippen LogP contribution in [0.15, 0.2) is 6.07 Å². The number of carbonyl (C=O) groups excluding carboxylic acids is 1. The summed E-state index contributed by atoms with van der Waals surface area (Å²) in [7, 11) is 1.68. The highest BCUT2D eigenvalue weighted by molar-refractivity contribution is 5.93. The number of rotatable bonds is 4. The summed E-state index contributed by atoms with van der Waals surface area (Å²) in [6, 6.07) is 2.19. The van der Waals surface area contributed by atoms with Gasteiger partial charge >= 0.3 is 0 Å². The van der Waals surface area contributed by atoms with Crippen LogP contribution in [0.1, 0.15) is 55.8 Å². The lowest BCUT2D eigenvalue weighted by atomic mass is 10.1. The average molecular weight is 265 g/mol. The van der Waals surface area contributed by atoms with Gasteiger partial charge in [0.15, 0.2) is 5.69 Å². The molecule has 1 aliphatic heterocycles. The van der Waals surface area contributed by atoms with Crippen molar-refractivity contribution < 1.29 is 9.53 Å². The Morgan fingerprint density at radius 2 is 2.00 bits per heavy atom. The van der Waals surface area contributed by atoms with Crippen LogP contribution < -0.4 is 0 Å². The lowest BCUT2D eigenvalue weighted by molar-refractivity contribution is -0.0195. The van der Waals surface area contributed by atoms with Gasteiger partial charge in [0.2, 0.25) is 0 Å². The van der Waals surface area contributed by atoms with E-state index < -0.39 is 0 Å². The minimum Gasteiger partial charge on any atom is -0.378 e. The number of nitrogens with zero attached hydrogens (tertiary/aromatic N) is 3. The molecule has 0 aliphatic carbocycles. The normalized spacial score (nSPS) is 16.3. The van der Waals surface area contributed by atoms with Gasteiger partial charge in [-0.2, -0.15) is 5.10 Å². The molecule has 5 heteroatoms. The summed E-state index contributed by atoms with van der Waals surface area (Å²) in [6.45, 7) is 9.74. The molecule has 0 aromatic carbocycles. The van der Waals surface area contributed by atoms with Gasteiger partial charge in [0.1, 0.15) is 0 Å². The lowest BCUT2D eigenvalue weighted by Crippen LogP contribution is -2.54. The van der Waals surface area contributed by atoms with E-state index in [1.165, 1.54) is 0 Å². The third-order valence-electron chi connectivity index (χ3n) is 3.53. The van der Waals surface area contributed by atoms with Gasteiger partial charge in [-0.15, -0.1) is 0 Å². The predicted molar refractivity (Wildman–Crippen MR) is 73.4 cm³/mol. The maximum Gasteiger partial charge on any atom is 0.274 e. The smallest absolute Gasteiger partial charge is 0.274 e. The largest absolute Gasteiger partial charge is 0.378 e. The Kier molecular flexibility index (Phi) is 3.94. The summed E-state index contributed by atoms with van der Waals surface area (Å²) >= 11 is 0. The van der Waals surface area contributed by atoms with E-state index in [4.69, 9.17) is 4.74 Å². The fourth-order valence-electron chi connectivity index (χ4n) is 2.27. The molecule has 0 atom stereocenters. The lowest BCUT2D eigenvalue weighted by Gasteiger charge is -2.37. The first-order chi connectivity index (χ1) is 8.93. The van der Waals surface area contributed by atoms with Crippen LogP contribution in [0, 0.1) is 0 Å². The molecular weight excluding hydrogens is 242 g/mol. The number of hydrogen-bond acceptors (Lipinski definition) is 3. The maximum atomic E-state index is 12.3. The molecule has 1 saturated heterocycles. The minimum absolute atomic E-state index is 0.00889. The highest BCUT2D eigenvalue weighted by Gasteiger charge is 2.32. The average Bonchev–Trinajstić information content (AvgIpc) is 2.72. The van der Waals surface area contributed by atoms with Gasteiger partial charge in [-0.1, -0.05) is 13.8 Å². The van der Waals surface area contributed by atoms with Gasteiger partial charge in [0.25, 0.3) is 5.91 Å². The number of ether oxygens (including phenoxy) is 1. The zero-order valence-electron chi connectivity index (χ0n) is 12.4. The molecule has 1 amide bonds. The van der Waals surface area contributed by atoms with Crippen LogP contribution in [0.25, 0.3) is 0 Å². The third-order valence-corrected chi connectivity index (χ3v) is 3.53. The molecule has 1 aromatic rings. The first-order valence-corrected chi connectivity index (χ1v) is 6.85. The van der Waals surface area contributed by atoms with Crippen molar-refractivity contribution in [3.05, 3.63) is 17.5 Å². The Morgan fingerprint density at radius 1 is 1.37 bits per heavy atom. The minimum atomic E-state index is 0.00889. The fourth-order valence-corrected chi connectivity index (χ4v) is 2.27. The molecular formula is C14H23N3O2. The van der Waals surface area contributed by atoms with Gasteiger partial charge in [-0.3, -0.25) is 9.48 Å². The number of methoxy groups -OCH3 is 1. The van der Waals surface area contributed by atoms with Gasteiger partial charge in [0, 0.05) is 31.9 Å². The van der Waals surface area contributed by atoms with E-state index in [2.05, 4.69) is 32.8 Å². The van der Waals surface area contributed by atoms with Gasteiger partial charge < -0.3 is 9.64 Å². The van der Waals surface area contributed by atoms with Crippen molar-refractivity contribution in [3.8, 4) is 0 Å². The van der Waals surface area contributed by atoms with E-state index in [0.717, 1.165) is 5.69 Å². The molecule has 0 radical (unpaired) electrons. The predicted octanol–water partition coefficient (Wildman–Crippen LogP) is 2.06. The second kappa shape index (κ2) is 5.33. The number of carbonyl (C=O) groups is 1. The molecule has 5 nitrogen and oxygen atoms in total. The molecule has 0 N–H and O–H groups in total. The van der Waals surface area contributed by atoms with Crippen LogP contribution in [0.2, 0.25) is 0 Å². The molecule has 1 aliphatic rings. The second-order valence-electron chi connectivity index (χ2n) is 5.72. The van der Waals surface area contributed by atoms with E-state index in [-0.39, 0.29) is 18.1 Å². The Balaban J connectivity index is 2.17. The van der Waals surface area contributed by atoms with Crippen molar-refractivity contribution >= 4 is 5.91 Å². The molecule has 1 aromatic heterocycles. The van der Waals surface area contributed by atoms with Crippen LogP contribution in [-0.4, -0.2) is 46.9 Å². The summed E-state index contributed by atoms with van der Waals surface area (Å²) in [4.78, 5) is 14.1. The quantitative estimate of drug-likeness (QED) is 0.837. The molecule has 0 bridgehead atoms. The van der Waals surface area contributed by atoms with E-state index in [0.29, 0.717) is 24.7 Å². The summed E-state index contributed by atoms with van der Waals surface area (Å²) in [6.07, 6.45) is 0.181. The van der Waals surface area contributed by atoms with E-state index in [9.17, 15) is 4.79 Å². The zero-order valence-corrected chi connectivity index (χ0v) is 12.4. The van der Waals surface area contributed by atoms with Crippen molar-refractivity contribution in [2.45, 2.75) is 45.8 Å². The molecule has 0 spiro atoms. The highest BCUT2D eigenvalue weighted by atomic mass is 16.5. The molecule has 1 fully saturated rings. The van der Waals surface area contributed by atoms with Crippen LogP contribution in [0.3, 0.4) is 0 Å². The Hall–Kier alpha value is -1.36. The number of aromatic nitrogens is 2. The topological polar surface area (TPSA) is 47.4 Å². The first-order valence-electron chi connectivity index (χ1n) is 6.85. The number of likely N-dealkylation sites (tertiary alicyclic amines) is 1. The number of amides is 1. The summed E-state index contributed by atoms with van der Waals surface area (Å²) in [5.41, 5.74) is 1.66. The third kappa shape index (κ3) is 2.66.